The number of hydrogen-bond donors (Lipinski definition) is 0. The van der Waals surface area contributed by atoms with Crippen LogP contribution in [0.5, 0.6) is 5.75 Å². The first-order chi connectivity index (χ1) is 8.15. The first-order valence-corrected chi connectivity index (χ1v) is 6.22. The van der Waals surface area contributed by atoms with Gasteiger partial charge in [-0.15, -0.1) is 0 Å². The molecular formula is C14H19NO2. The molecule has 2 rings (SSSR count). The van der Waals surface area contributed by atoms with Gasteiger partial charge >= 0.3 is 0 Å². The van der Waals surface area contributed by atoms with E-state index < -0.39 is 0 Å². The summed E-state index contributed by atoms with van der Waals surface area (Å²) in [6.45, 7) is 7.70. The first kappa shape index (κ1) is 12.0. The third kappa shape index (κ3) is 2.28. The van der Waals surface area contributed by atoms with E-state index >= 15 is 0 Å². The van der Waals surface area contributed by atoms with Crippen LogP contribution in [0.3, 0.4) is 0 Å². The topological polar surface area (TPSA) is 29.5 Å². The minimum atomic E-state index is 0.0986. The lowest BCUT2D eigenvalue weighted by atomic mass is 10.1. The molecule has 0 fully saturated rings. The maximum absolute atomic E-state index is 11.4. The summed E-state index contributed by atoms with van der Waals surface area (Å²) >= 11 is 0. The molecule has 0 saturated carbocycles. The van der Waals surface area contributed by atoms with Crippen molar-refractivity contribution >= 4 is 11.5 Å². The zero-order valence-corrected chi connectivity index (χ0v) is 10.7. The fraction of sp³-hybridized carbons (Fsp3) is 0.500. The van der Waals surface area contributed by atoms with E-state index in [1.165, 1.54) is 0 Å². The van der Waals surface area contributed by atoms with Crippen LogP contribution in [0.15, 0.2) is 18.2 Å². The number of hydrogen-bond acceptors (Lipinski definition) is 3. The molecule has 1 aromatic rings. The minimum Gasteiger partial charge on any atom is -0.486 e. The molecule has 1 aromatic carbocycles. The summed E-state index contributed by atoms with van der Waals surface area (Å²) in [6.07, 6.45) is 1.26. The predicted octanol–water partition coefficient (Wildman–Crippen LogP) is 2.89. The summed E-state index contributed by atoms with van der Waals surface area (Å²) in [5.41, 5.74) is 1.80. The Balaban J connectivity index is 2.39. The number of carbonyl (C=O) groups is 1. The predicted molar refractivity (Wildman–Crippen MR) is 69.0 cm³/mol. The van der Waals surface area contributed by atoms with Crippen molar-refractivity contribution in [3.05, 3.63) is 23.8 Å². The van der Waals surface area contributed by atoms with Crippen LogP contribution in [0, 0.1) is 0 Å². The van der Waals surface area contributed by atoms with Gasteiger partial charge in [0.05, 0.1) is 12.2 Å². The molecule has 1 unspecified atom stereocenters. The fourth-order valence-electron chi connectivity index (χ4n) is 2.16. The third-order valence-electron chi connectivity index (χ3n) is 3.26. The molecule has 1 aliphatic rings. The molecule has 3 heteroatoms. The summed E-state index contributed by atoms with van der Waals surface area (Å²) < 4.78 is 5.89. The molecule has 0 radical (unpaired) electrons. The molecule has 0 bridgehead atoms. The van der Waals surface area contributed by atoms with Crippen LogP contribution in [0.2, 0.25) is 0 Å². The monoisotopic (exact) mass is 233 g/mol. The van der Waals surface area contributed by atoms with Crippen molar-refractivity contribution in [1.29, 1.82) is 0 Å². The van der Waals surface area contributed by atoms with E-state index in [2.05, 4.69) is 18.7 Å². The van der Waals surface area contributed by atoms with Crippen LogP contribution in [0.1, 0.15) is 37.6 Å². The molecule has 92 valence electrons. The van der Waals surface area contributed by atoms with Crippen LogP contribution in [0.4, 0.5) is 5.69 Å². The summed E-state index contributed by atoms with van der Waals surface area (Å²) in [7, 11) is 0. The van der Waals surface area contributed by atoms with Gasteiger partial charge < -0.3 is 9.64 Å². The molecule has 1 aliphatic heterocycles. The number of benzene rings is 1. The summed E-state index contributed by atoms with van der Waals surface area (Å²) in [4.78, 5) is 13.7. The fourth-order valence-corrected chi connectivity index (χ4v) is 2.16. The highest BCUT2D eigenvalue weighted by molar-refractivity contribution is 5.95. The summed E-state index contributed by atoms with van der Waals surface area (Å²) in [5.74, 6) is 0.997. The quantitative estimate of drug-likeness (QED) is 0.752. The summed E-state index contributed by atoms with van der Waals surface area (Å²) in [6, 6.07) is 5.69. The van der Waals surface area contributed by atoms with Crippen LogP contribution in [-0.2, 0) is 0 Å². The van der Waals surface area contributed by atoms with Crippen LogP contribution < -0.4 is 9.64 Å². The molecule has 0 spiro atoms. The Morgan fingerprint density at radius 2 is 2.24 bits per heavy atom. The molecule has 1 atom stereocenters. The first-order valence-electron chi connectivity index (χ1n) is 6.22. The molecule has 17 heavy (non-hydrogen) atoms. The van der Waals surface area contributed by atoms with Crippen molar-refractivity contribution in [2.45, 2.75) is 33.3 Å². The van der Waals surface area contributed by atoms with E-state index in [1.54, 1.807) is 6.92 Å². The van der Waals surface area contributed by atoms with Gasteiger partial charge in [-0.05, 0) is 38.5 Å². The minimum absolute atomic E-state index is 0.0986. The molecule has 0 N–H and O–H groups in total. The van der Waals surface area contributed by atoms with Gasteiger partial charge in [0.1, 0.15) is 11.9 Å². The van der Waals surface area contributed by atoms with Crippen molar-refractivity contribution in [2.75, 3.05) is 18.0 Å². The standard InChI is InChI=1S/C14H19NO2/c1-4-12-9-15(5-2)13-8-11(10(3)16)6-7-14(13)17-12/h6-8,12H,4-5,9H2,1-3H3. The second kappa shape index (κ2) is 4.78. The second-order valence-electron chi connectivity index (χ2n) is 4.43. The maximum Gasteiger partial charge on any atom is 0.159 e. The third-order valence-corrected chi connectivity index (χ3v) is 3.26. The van der Waals surface area contributed by atoms with E-state index in [-0.39, 0.29) is 11.9 Å². The molecule has 0 amide bonds. The average Bonchev–Trinajstić information content (AvgIpc) is 2.36. The molecular weight excluding hydrogens is 214 g/mol. The largest absolute Gasteiger partial charge is 0.486 e. The Morgan fingerprint density at radius 1 is 1.47 bits per heavy atom. The van der Waals surface area contributed by atoms with E-state index in [0.717, 1.165) is 36.5 Å². The van der Waals surface area contributed by atoms with Crippen LogP contribution in [0.25, 0.3) is 0 Å². The van der Waals surface area contributed by atoms with Gasteiger partial charge in [0.2, 0.25) is 0 Å². The van der Waals surface area contributed by atoms with E-state index in [0.29, 0.717) is 0 Å². The van der Waals surface area contributed by atoms with Crippen molar-refractivity contribution < 1.29 is 9.53 Å². The van der Waals surface area contributed by atoms with Crippen LogP contribution >= 0.6 is 0 Å². The smallest absolute Gasteiger partial charge is 0.159 e. The average molecular weight is 233 g/mol. The van der Waals surface area contributed by atoms with E-state index in [4.69, 9.17) is 4.74 Å². The van der Waals surface area contributed by atoms with Gasteiger partial charge in [0, 0.05) is 12.1 Å². The van der Waals surface area contributed by atoms with Gasteiger partial charge in [0.25, 0.3) is 0 Å². The zero-order chi connectivity index (χ0) is 12.4. The van der Waals surface area contributed by atoms with E-state index in [1.807, 2.05) is 18.2 Å². The van der Waals surface area contributed by atoms with Crippen molar-refractivity contribution in [3.8, 4) is 5.75 Å². The molecule has 0 aromatic heterocycles. The number of rotatable bonds is 3. The van der Waals surface area contributed by atoms with Crippen LogP contribution in [-0.4, -0.2) is 25.0 Å². The Hall–Kier alpha value is -1.51. The Kier molecular flexibility index (Phi) is 3.36. The molecule has 1 heterocycles. The summed E-state index contributed by atoms with van der Waals surface area (Å²) in [5, 5.41) is 0. The van der Waals surface area contributed by atoms with Gasteiger partial charge in [-0.25, -0.2) is 0 Å². The van der Waals surface area contributed by atoms with Gasteiger partial charge in [-0.2, -0.15) is 0 Å². The van der Waals surface area contributed by atoms with Gasteiger partial charge in [-0.1, -0.05) is 6.92 Å². The second-order valence-corrected chi connectivity index (χ2v) is 4.43. The maximum atomic E-state index is 11.4. The number of fused-ring (bicyclic) bond motifs is 1. The van der Waals surface area contributed by atoms with Gasteiger partial charge in [0.15, 0.2) is 5.78 Å². The van der Waals surface area contributed by atoms with E-state index in [9.17, 15) is 4.79 Å². The molecule has 0 saturated heterocycles. The van der Waals surface area contributed by atoms with Gasteiger partial charge in [-0.3, -0.25) is 4.79 Å². The number of ether oxygens (including phenoxy) is 1. The lowest BCUT2D eigenvalue weighted by molar-refractivity contribution is 0.101. The lowest BCUT2D eigenvalue weighted by Gasteiger charge is -2.35. The zero-order valence-electron chi connectivity index (χ0n) is 10.7. The number of likely N-dealkylation sites (N-methyl/N-ethyl adjacent to an activating group) is 1. The van der Waals surface area contributed by atoms with Crippen molar-refractivity contribution in [1.82, 2.24) is 0 Å². The number of Topliss-reactive ketones (excluding diaryl/α,β-unsaturated/α-hetero) is 1. The lowest BCUT2D eigenvalue weighted by Crippen LogP contribution is -2.39. The number of ketones is 1. The SMILES string of the molecule is CCC1CN(CC)c2cc(C(C)=O)ccc2O1. The van der Waals surface area contributed by atoms with Crippen molar-refractivity contribution in [3.63, 3.8) is 0 Å². The molecule has 0 aliphatic carbocycles. The molecule has 3 nitrogen and oxygen atoms in total. The van der Waals surface area contributed by atoms with Crippen molar-refractivity contribution in [2.24, 2.45) is 0 Å². The highest BCUT2D eigenvalue weighted by atomic mass is 16.5. The number of nitrogens with zero attached hydrogens (tertiary/aromatic N) is 1. The highest BCUT2D eigenvalue weighted by Gasteiger charge is 2.24. The Morgan fingerprint density at radius 3 is 2.82 bits per heavy atom. The Bertz CT molecular complexity index is 428. The number of carbonyl (C=O) groups excluding carboxylic acids is 1. The highest BCUT2D eigenvalue weighted by Crippen LogP contribution is 2.34. The normalized spacial score (nSPS) is 18.5. The number of anilines is 1. The Labute approximate surface area is 102 Å².